The molecule has 2 aromatic rings. The van der Waals surface area contributed by atoms with E-state index in [-0.39, 0.29) is 17.2 Å². The highest BCUT2D eigenvalue weighted by Gasteiger charge is 2.33. The van der Waals surface area contributed by atoms with Crippen LogP contribution in [-0.2, 0) is 6.42 Å². The molecule has 3 nitrogen and oxygen atoms in total. The molecule has 2 aromatic heterocycles. The molecule has 3 rings (SSSR count). The molecule has 20 heavy (non-hydrogen) atoms. The van der Waals surface area contributed by atoms with Gasteiger partial charge in [0, 0.05) is 36.3 Å². The molecule has 1 unspecified atom stereocenters. The summed E-state index contributed by atoms with van der Waals surface area (Å²) in [6.45, 7) is 6.51. The van der Waals surface area contributed by atoms with Crippen LogP contribution in [0.15, 0.2) is 36.8 Å². The summed E-state index contributed by atoms with van der Waals surface area (Å²) in [5.41, 5.74) is 3.35. The normalized spacial score (nSPS) is 18.6. The number of ketones is 1. The van der Waals surface area contributed by atoms with Crippen LogP contribution in [0.1, 0.15) is 54.8 Å². The fourth-order valence-corrected chi connectivity index (χ4v) is 3.13. The molecule has 2 heterocycles. The maximum absolute atomic E-state index is 12.3. The molecule has 0 fully saturated rings. The van der Waals surface area contributed by atoms with E-state index in [0.717, 1.165) is 12.0 Å². The van der Waals surface area contributed by atoms with Crippen molar-refractivity contribution in [2.24, 2.45) is 5.41 Å². The first-order chi connectivity index (χ1) is 9.48. The van der Waals surface area contributed by atoms with Crippen molar-refractivity contribution in [2.75, 3.05) is 0 Å². The van der Waals surface area contributed by atoms with Gasteiger partial charge in [-0.3, -0.25) is 9.78 Å². The smallest absolute Gasteiger partial charge is 0.165 e. The molecule has 0 aliphatic heterocycles. The lowest BCUT2D eigenvalue weighted by Crippen LogP contribution is -2.28. The summed E-state index contributed by atoms with van der Waals surface area (Å²) in [5, 5.41) is 0. The van der Waals surface area contributed by atoms with Crippen LogP contribution >= 0.6 is 0 Å². The SMILES string of the molecule is CC(c1ccncc1)n1ccc2c1CC(C)(C)CC2=O. The Morgan fingerprint density at radius 2 is 1.90 bits per heavy atom. The van der Waals surface area contributed by atoms with Gasteiger partial charge in [0.2, 0.25) is 0 Å². The quantitative estimate of drug-likeness (QED) is 0.833. The fourth-order valence-electron chi connectivity index (χ4n) is 3.13. The van der Waals surface area contributed by atoms with Crippen molar-refractivity contribution >= 4 is 5.78 Å². The third-order valence-corrected chi connectivity index (χ3v) is 4.22. The van der Waals surface area contributed by atoms with E-state index in [2.05, 4.69) is 36.5 Å². The van der Waals surface area contributed by atoms with Crippen LogP contribution in [0.25, 0.3) is 0 Å². The van der Waals surface area contributed by atoms with Gasteiger partial charge in [0.25, 0.3) is 0 Å². The second kappa shape index (κ2) is 4.58. The van der Waals surface area contributed by atoms with Crippen LogP contribution in [0.4, 0.5) is 0 Å². The molecule has 3 heteroatoms. The average molecular weight is 268 g/mol. The maximum atomic E-state index is 12.3. The molecule has 1 aliphatic carbocycles. The number of carbonyl (C=O) groups excluding carboxylic acids is 1. The van der Waals surface area contributed by atoms with Crippen LogP contribution in [0.3, 0.4) is 0 Å². The first-order valence-electron chi connectivity index (χ1n) is 7.11. The predicted molar refractivity (Wildman–Crippen MR) is 78.9 cm³/mol. The summed E-state index contributed by atoms with van der Waals surface area (Å²) in [7, 11) is 0. The van der Waals surface area contributed by atoms with Gasteiger partial charge in [-0.2, -0.15) is 0 Å². The number of carbonyl (C=O) groups is 1. The minimum Gasteiger partial charge on any atom is -0.344 e. The Balaban J connectivity index is 2.03. The zero-order valence-electron chi connectivity index (χ0n) is 12.3. The zero-order valence-corrected chi connectivity index (χ0v) is 12.3. The lowest BCUT2D eigenvalue weighted by Gasteiger charge is -2.31. The largest absolute Gasteiger partial charge is 0.344 e. The minimum absolute atomic E-state index is 0.0537. The Morgan fingerprint density at radius 3 is 2.60 bits per heavy atom. The lowest BCUT2D eigenvalue weighted by molar-refractivity contribution is 0.0909. The summed E-state index contributed by atoms with van der Waals surface area (Å²) < 4.78 is 2.24. The van der Waals surface area contributed by atoms with Gasteiger partial charge in [0.05, 0.1) is 6.04 Å². The number of pyridine rings is 1. The summed E-state index contributed by atoms with van der Waals surface area (Å²) in [5.74, 6) is 0.275. The molecule has 0 amide bonds. The van der Waals surface area contributed by atoms with Crippen molar-refractivity contribution < 1.29 is 4.79 Å². The number of fused-ring (bicyclic) bond motifs is 1. The van der Waals surface area contributed by atoms with Gasteiger partial charge < -0.3 is 4.57 Å². The fraction of sp³-hybridized carbons (Fsp3) is 0.412. The molecule has 0 N–H and O–H groups in total. The Kier molecular flexibility index (Phi) is 3.00. The van der Waals surface area contributed by atoms with Crippen molar-refractivity contribution in [1.82, 2.24) is 9.55 Å². The van der Waals surface area contributed by atoms with Gasteiger partial charge in [0.15, 0.2) is 5.78 Å². The predicted octanol–water partition coefficient (Wildman–Crippen LogP) is 3.65. The standard InChI is InChI=1S/C17H20N2O/c1-12(13-4-7-18-8-5-13)19-9-6-14-15(19)10-17(2,3)11-16(14)20/h4-9,12H,10-11H2,1-3H3. The van der Waals surface area contributed by atoms with Crippen LogP contribution in [-0.4, -0.2) is 15.3 Å². The highest BCUT2D eigenvalue weighted by atomic mass is 16.1. The second-order valence-corrected chi connectivity index (χ2v) is 6.48. The molecule has 0 saturated carbocycles. The average Bonchev–Trinajstić information content (AvgIpc) is 2.81. The summed E-state index contributed by atoms with van der Waals surface area (Å²) in [6, 6.07) is 6.27. The Bertz CT molecular complexity index is 640. The number of hydrogen-bond acceptors (Lipinski definition) is 2. The maximum Gasteiger partial charge on any atom is 0.165 e. The molecule has 0 bridgehead atoms. The first kappa shape index (κ1) is 13.1. The number of nitrogens with zero attached hydrogens (tertiary/aromatic N) is 2. The number of rotatable bonds is 2. The van der Waals surface area contributed by atoms with E-state index in [0.29, 0.717) is 6.42 Å². The number of aromatic nitrogens is 2. The van der Waals surface area contributed by atoms with Crippen molar-refractivity contribution in [1.29, 1.82) is 0 Å². The molecule has 0 spiro atoms. The van der Waals surface area contributed by atoms with Crippen molar-refractivity contribution in [3.8, 4) is 0 Å². The van der Waals surface area contributed by atoms with Gasteiger partial charge in [0.1, 0.15) is 0 Å². The van der Waals surface area contributed by atoms with E-state index in [9.17, 15) is 4.79 Å². The van der Waals surface area contributed by atoms with Crippen LogP contribution in [0.5, 0.6) is 0 Å². The van der Waals surface area contributed by atoms with Crippen LogP contribution in [0.2, 0.25) is 0 Å². The molecule has 0 saturated heterocycles. The molecule has 0 aromatic carbocycles. The third kappa shape index (κ3) is 2.17. The highest BCUT2D eigenvalue weighted by Crippen LogP contribution is 2.37. The third-order valence-electron chi connectivity index (χ3n) is 4.22. The van der Waals surface area contributed by atoms with E-state index in [1.54, 1.807) is 0 Å². The molecular formula is C17H20N2O. The van der Waals surface area contributed by atoms with Gasteiger partial charge in [-0.05, 0) is 42.5 Å². The zero-order chi connectivity index (χ0) is 14.3. The number of Topliss-reactive ketones (excluding diaryl/α,β-unsaturated/α-hetero) is 1. The monoisotopic (exact) mass is 268 g/mol. The van der Waals surface area contributed by atoms with E-state index in [1.807, 2.05) is 30.6 Å². The molecule has 1 aliphatic rings. The van der Waals surface area contributed by atoms with E-state index < -0.39 is 0 Å². The van der Waals surface area contributed by atoms with E-state index in [1.165, 1.54) is 11.3 Å². The molecular weight excluding hydrogens is 248 g/mol. The first-order valence-corrected chi connectivity index (χ1v) is 7.11. The van der Waals surface area contributed by atoms with E-state index in [4.69, 9.17) is 0 Å². The summed E-state index contributed by atoms with van der Waals surface area (Å²) in [6.07, 6.45) is 7.28. The second-order valence-electron chi connectivity index (χ2n) is 6.48. The lowest BCUT2D eigenvalue weighted by atomic mass is 9.76. The van der Waals surface area contributed by atoms with Gasteiger partial charge >= 0.3 is 0 Å². The van der Waals surface area contributed by atoms with Gasteiger partial charge in [-0.15, -0.1) is 0 Å². The summed E-state index contributed by atoms with van der Waals surface area (Å²) in [4.78, 5) is 16.3. The van der Waals surface area contributed by atoms with Gasteiger partial charge in [-0.25, -0.2) is 0 Å². The minimum atomic E-state index is 0.0537. The van der Waals surface area contributed by atoms with Gasteiger partial charge in [-0.1, -0.05) is 13.8 Å². The topological polar surface area (TPSA) is 34.9 Å². The Morgan fingerprint density at radius 1 is 1.20 bits per heavy atom. The summed E-state index contributed by atoms with van der Waals surface area (Å²) >= 11 is 0. The number of hydrogen-bond donors (Lipinski definition) is 0. The molecule has 0 radical (unpaired) electrons. The van der Waals surface area contributed by atoms with Crippen molar-refractivity contribution in [3.05, 3.63) is 53.6 Å². The van der Waals surface area contributed by atoms with Crippen LogP contribution < -0.4 is 0 Å². The molecule has 1 atom stereocenters. The van der Waals surface area contributed by atoms with Crippen molar-refractivity contribution in [3.63, 3.8) is 0 Å². The van der Waals surface area contributed by atoms with E-state index >= 15 is 0 Å². The highest BCUT2D eigenvalue weighted by molar-refractivity contribution is 5.98. The molecule has 104 valence electrons. The Hall–Kier alpha value is -1.90. The Labute approximate surface area is 119 Å². The van der Waals surface area contributed by atoms with Crippen molar-refractivity contribution in [2.45, 2.75) is 39.7 Å². The van der Waals surface area contributed by atoms with Crippen LogP contribution in [0, 0.1) is 5.41 Å².